The number of nitrogens with zero attached hydrogens (tertiary/aromatic N) is 1. The highest BCUT2D eigenvalue weighted by atomic mass is 16.5. The van der Waals surface area contributed by atoms with Gasteiger partial charge in [0.1, 0.15) is 0 Å². The Balaban J connectivity index is 1.51. The molecule has 6 heteroatoms. The van der Waals surface area contributed by atoms with E-state index in [2.05, 4.69) is 5.32 Å². The zero-order valence-corrected chi connectivity index (χ0v) is 17.2. The van der Waals surface area contributed by atoms with Crippen molar-refractivity contribution in [3.63, 3.8) is 0 Å². The SMILES string of the molecule is CCOc1ccc(NC(=O)CN(C)C(=O)C[C@H]2C[C@@H]3CC[C@@H]2C3)cc1OCC. The van der Waals surface area contributed by atoms with Gasteiger partial charge in [-0.3, -0.25) is 9.59 Å². The molecule has 2 aliphatic carbocycles. The Hall–Kier alpha value is -2.24. The topological polar surface area (TPSA) is 67.9 Å². The lowest BCUT2D eigenvalue weighted by molar-refractivity contribution is -0.134. The van der Waals surface area contributed by atoms with E-state index in [1.54, 1.807) is 30.1 Å². The number of ether oxygens (including phenoxy) is 2. The molecule has 0 aliphatic heterocycles. The molecule has 28 heavy (non-hydrogen) atoms. The first-order valence-corrected chi connectivity index (χ1v) is 10.4. The van der Waals surface area contributed by atoms with E-state index in [0.717, 1.165) is 11.8 Å². The number of carbonyl (C=O) groups is 2. The number of likely N-dealkylation sites (N-methyl/N-ethyl adjacent to an activating group) is 1. The van der Waals surface area contributed by atoms with Gasteiger partial charge < -0.3 is 19.7 Å². The van der Waals surface area contributed by atoms with Crippen LogP contribution in [0.15, 0.2) is 18.2 Å². The molecule has 2 bridgehead atoms. The summed E-state index contributed by atoms with van der Waals surface area (Å²) < 4.78 is 11.1. The van der Waals surface area contributed by atoms with Gasteiger partial charge in [0.2, 0.25) is 11.8 Å². The Bertz CT molecular complexity index is 706. The summed E-state index contributed by atoms with van der Waals surface area (Å²) in [5, 5.41) is 2.85. The molecular weight excluding hydrogens is 356 g/mol. The van der Waals surface area contributed by atoms with Crippen LogP contribution in [0.25, 0.3) is 0 Å². The molecule has 0 unspecified atom stereocenters. The van der Waals surface area contributed by atoms with Crippen LogP contribution in [0.1, 0.15) is 46.0 Å². The van der Waals surface area contributed by atoms with Gasteiger partial charge in [0.05, 0.1) is 19.8 Å². The largest absolute Gasteiger partial charge is 0.490 e. The monoisotopic (exact) mass is 388 g/mol. The lowest BCUT2D eigenvalue weighted by Crippen LogP contribution is -2.36. The van der Waals surface area contributed by atoms with Gasteiger partial charge in [-0.25, -0.2) is 0 Å². The van der Waals surface area contributed by atoms with E-state index in [4.69, 9.17) is 9.47 Å². The van der Waals surface area contributed by atoms with Crippen molar-refractivity contribution in [2.75, 3.05) is 32.1 Å². The number of fused-ring (bicyclic) bond motifs is 2. The summed E-state index contributed by atoms with van der Waals surface area (Å²) in [5.41, 5.74) is 0.630. The lowest BCUT2D eigenvalue weighted by Gasteiger charge is -2.24. The summed E-state index contributed by atoms with van der Waals surface area (Å²) in [6.07, 6.45) is 5.65. The number of benzene rings is 1. The number of anilines is 1. The van der Waals surface area contributed by atoms with Crippen LogP contribution in [-0.2, 0) is 9.59 Å². The summed E-state index contributed by atoms with van der Waals surface area (Å²) in [6.45, 7) is 4.92. The van der Waals surface area contributed by atoms with E-state index in [-0.39, 0.29) is 18.4 Å². The van der Waals surface area contributed by atoms with Gasteiger partial charge in [-0.2, -0.15) is 0 Å². The average Bonchev–Trinajstić information content (AvgIpc) is 3.27. The van der Waals surface area contributed by atoms with Crippen LogP contribution in [0.4, 0.5) is 5.69 Å². The van der Waals surface area contributed by atoms with Gasteiger partial charge in [-0.05, 0) is 63.0 Å². The number of rotatable bonds is 9. The van der Waals surface area contributed by atoms with Crippen LogP contribution < -0.4 is 14.8 Å². The molecule has 2 fully saturated rings. The number of carbonyl (C=O) groups excluding carboxylic acids is 2. The molecule has 6 nitrogen and oxygen atoms in total. The van der Waals surface area contributed by atoms with E-state index < -0.39 is 0 Å². The van der Waals surface area contributed by atoms with E-state index in [0.29, 0.717) is 42.7 Å². The van der Waals surface area contributed by atoms with Gasteiger partial charge in [-0.15, -0.1) is 0 Å². The quantitative estimate of drug-likeness (QED) is 0.700. The maximum Gasteiger partial charge on any atom is 0.243 e. The summed E-state index contributed by atoms with van der Waals surface area (Å²) in [5.74, 6) is 3.16. The minimum atomic E-state index is -0.213. The normalized spacial score (nSPS) is 22.8. The van der Waals surface area contributed by atoms with Gasteiger partial charge in [0.25, 0.3) is 0 Å². The van der Waals surface area contributed by atoms with Crippen molar-refractivity contribution < 1.29 is 19.1 Å². The van der Waals surface area contributed by atoms with Gasteiger partial charge in [0.15, 0.2) is 11.5 Å². The van der Waals surface area contributed by atoms with Crippen LogP contribution in [0.5, 0.6) is 11.5 Å². The predicted octanol–water partition coefficient (Wildman–Crippen LogP) is 3.71. The van der Waals surface area contributed by atoms with Crippen molar-refractivity contribution in [2.24, 2.45) is 17.8 Å². The second-order valence-electron chi connectivity index (χ2n) is 7.96. The number of nitrogens with one attached hydrogen (secondary N) is 1. The molecule has 0 saturated heterocycles. The molecule has 0 radical (unpaired) electrons. The fourth-order valence-corrected chi connectivity index (χ4v) is 4.64. The summed E-state index contributed by atoms with van der Waals surface area (Å²) >= 11 is 0. The molecular formula is C22H32N2O4. The van der Waals surface area contributed by atoms with Crippen molar-refractivity contribution in [2.45, 2.75) is 46.0 Å². The first-order chi connectivity index (χ1) is 13.5. The zero-order chi connectivity index (χ0) is 20.1. The van der Waals surface area contributed by atoms with E-state index in [1.165, 1.54) is 25.7 Å². The van der Waals surface area contributed by atoms with Crippen LogP contribution >= 0.6 is 0 Å². The average molecular weight is 389 g/mol. The van der Waals surface area contributed by atoms with Crippen molar-refractivity contribution in [3.05, 3.63) is 18.2 Å². The number of hydrogen-bond acceptors (Lipinski definition) is 4. The summed E-state index contributed by atoms with van der Waals surface area (Å²) in [7, 11) is 1.71. The second-order valence-corrected chi connectivity index (χ2v) is 7.96. The first-order valence-electron chi connectivity index (χ1n) is 10.4. The third kappa shape index (κ3) is 4.97. The highest BCUT2D eigenvalue weighted by molar-refractivity contribution is 5.94. The molecule has 1 aromatic rings. The highest BCUT2D eigenvalue weighted by Gasteiger charge is 2.40. The molecule has 0 spiro atoms. The molecule has 2 saturated carbocycles. The second kappa shape index (κ2) is 9.30. The van der Waals surface area contributed by atoms with Crippen molar-refractivity contribution in [3.8, 4) is 11.5 Å². The zero-order valence-electron chi connectivity index (χ0n) is 17.2. The first kappa shape index (κ1) is 20.5. The molecule has 3 rings (SSSR count). The smallest absolute Gasteiger partial charge is 0.243 e. The fourth-order valence-electron chi connectivity index (χ4n) is 4.64. The molecule has 2 aliphatic rings. The van der Waals surface area contributed by atoms with E-state index in [9.17, 15) is 9.59 Å². The third-order valence-corrected chi connectivity index (χ3v) is 5.96. The molecule has 2 amide bonds. The Morgan fingerprint density at radius 2 is 1.86 bits per heavy atom. The predicted molar refractivity (Wildman–Crippen MR) is 109 cm³/mol. The molecule has 154 valence electrons. The molecule has 3 atom stereocenters. The third-order valence-electron chi connectivity index (χ3n) is 5.96. The van der Waals surface area contributed by atoms with E-state index >= 15 is 0 Å². The van der Waals surface area contributed by atoms with E-state index in [1.807, 2.05) is 13.8 Å². The fraction of sp³-hybridized carbons (Fsp3) is 0.636. The van der Waals surface area contributed by atoms with Crippen LogP contribution in [-0.4, -0.2) is 43.5 Å². The van der Waals surface area contributed by atoms with Crippen molar-refractivity contribution in [1.29, 1.82) is 0 Å². The van der Waals surface area contributed by atoms with Gasteiger partial charge in [-0.1, -0.05) is 6.42 Å². The summed E-state index contributed by atoms with van der Waals surface area (Å²) in [6, 6.07) is 5.32. The molecule has 0 heterocycles. The molecule has 1 aromatic carbocycles. The van der Waals surface area contributed by atoms with Crippen molar-refractivity contribution in [1.82, 2.24) is 4.90 Å². The van der Waals surface area contributed by atoms with Crippen LogP contribution in [0.2, 0.25) is 0 Å². The maximum atomic E-state index is 12.5. The molecule has 1 N–H and O–H groups in total. The Morgan fingerprint density at radius 3 is 2.50 bits per heavy atom. The maximum absolute atomic E-state index is 12.5. The number of hydrogen-bond donors (Lipinski definition) is 1. The summed E-state index contributed by atoms with van der Waals surface area (Å²) in [4.78, 5) is 26.5. The highest BCUT2D eigenvalue weighted by Crippen LogP contribution is 2.49. The van der Waals surface area contributed by atoms with Gasteiger partial charge in [0, 0.05) is 25.2 Å². The minimum absolute atomic E-state index is 0.0524. The Morgan fingerprint density at radius 1 is 1.11 bits per heavy atom. The Labute approximate surface area is 167 Å². The Kier molecular flexibility index (Phi) is 6.81. The lowest BCUT2D eigenvalue weighted by atomic mass is 9.86. The van der Waals surface area contributed by atoms with Gasteiger partial charge >= 0.3 is 0 Å². The van der Waals surface area contributed by atoms with Crippen LogP contribution in [0, 0.1) is 17.8 Å². The number of amides is 2. The minimum Gasteiger partial charge on any atom is -0.490 e. The standard InChI is InChI=1S/C22H32N2O4/c1-4-27-19-9-8-18(13-20(19)28-5-2)23-21(25)14-24(3)22(26)12-17-11-15-6-7-16(17)10-15/h8-9,13,15-17H,4-7,10-12,14H2,1-3H3,(H,23,25)/t15-,16-,17-/m1/s1. The van der Waals surface area contributed by atoms with Crippen molar-refractivity contribution >= 4 is 17.5 Å². The molecule has 0 aromatic heterocycles. The van der Waals surface area contributed by atoms with Crippen LogP contribution in [0.3, 0.4) is 0 Å².